The standard InChI is InChI=1S/C17H14Br2N2O3/c1-9-20-14-4-3-11(8-15(14)21-9)24-17-12(18)6-10(7-13(17)19)2-5-16(22)23/h3-4,6-8H,2,5H2,1H3,(H,20,21)(H,22,23). The lowest BCUT2D eigenvalue weighted by atomic mass is 10.1. The van der Waals surface area contributed by atoms with Crippen molar-refractivity contribution in [1.29, 1.82) is 0 Å². The lowest BCUT2D eigenvalue weighted by molar-refractivity contribution is -0.136. The van der Waals surface area contributed by atoms with Crippen molar-refractivity contribution in [2.24, 2.45) is 0 Å². The number of benzene rings is 2. The minimum atomic E-state index is -0.815. The second-order valence-electron chi connectivity index (χ2n) is 5.39. The molecule has 0 aliphatic heterocycles. The number of carboxylic acid groups (broad SMARTS) is 1. The zero-order valence-electron chi connectivity index (χ0n) is 12.8. The van der Waals surface area contributed by atoms with Gasteiger partial charge in [0.25, 0.3) is 0 Å². The molecule has 0 fully saturated rings. The van der Waals surface area contributed by atoms with Crippen molar-refractivity contribution in [3.05, 3.63) is 50.7 Å². The predicted octanol–water partition coefficient (Wildman–Crippen LogP) is 5.21. The molecule has 2 N–H and O–H groups in total. The highest BCUT2D eigenvalue weighted by Gasteiger charge is 2.12. The zero-order chi connectivity index (χ0) is 17.3. The highest BCUT2D eigenvalue weighted by atomic mass is 79.9. The van der Waals surface area contributed by atoms with Gasteiger partial charge in [0, 0.05) is 12.5 Å². The molecule has 0 aliphatic rings. The van der Waals surface area contributed by atoms with E-state index in [0.717, 1.165) is 31.4 Å². The van der Waals surface area contributed by atoms with Gasteiger partial charge < -0.3 is 14.8 Å². The molecule has 24 heavy (non-hydrogen) atoms. The molecule has 1 aromatic heterocycles. The molecule has 1 heterocycles. The SMILES string of the molecule is Cc1nc2cc(Oc3c(Br)cc(CCC(=O)O)cc3Br)ccc2[nH]1. The van der Waals surface area contributed by atoms with Crippen molar-refractivity contribution >= 4 is 48.9 Å². The van der Waals surface area contributed by atoms with Crippen LogP contribution in [0, 0.1) is 6.92 Å². The summed E-state index contributed by atoms with van der Waals surface area (Å²) in [7, 11) is 0. The molecule has 0 atom stereocenters. The first-order valence-corrected chi connectivity index (χ1v) is 8.85. The monoisotopic (exact) mass is 452 g/mol. The number of fused-ring (bicyclic) bond motifs is 1. The number of nitrogens with one attached hydrogen (secondary N) is 1. The van der Waals surface area contributed by atoms with Crippen molar-refractivity contribution in [1.82, 2.24) is 9.97 Å². The summed E-state index contributed by atoms with van der Waals surface area (Å²) in [6, 6.07) is 9.42. The summed E-state index contributed by atoms with van der Waals surface area (Å²) in [5.41, 5.74) is 2.72. The highest BCUT2D eigenvalue weighted by Crippen LogP contribution is 2.38. The third-order valence-corrected chi connectivity index (χ3v) is 4.66. The number of H-pyrrole nitrogens is 1. The summed E-state index contributed by atoms with van der Waals surface area (Å²) in [5.74, 6) is 1.35. The number of aryl methyl sites for hydroxylation is 2. The van der Waals surface area contributed by atoms with Crippen LogP contribution < -0.4 is 4.74 Å². The van der Waals surface area contributed by atoms with E-state index in [-0.39, 0.29) is 6.42 Å². The molecule has 7 heteroatoms. The fourth-order valence-corrected chi connectivity index (χ4v) is 3.84. The second-order valence-corrected chi connectivity index (χ2v) is 7.09. The first-order chi connectivity index (χ1) is 11.4. The van der Waals surface area contributed by atoms with Gasteiger partial charge in [-0.05, 0) is 75.0 Å². The minimum Gasteiger partial charge on any atom is -0.481 e. The Morgan fingerprint density at radius 1 is 1.25 bits per heavy atom. The summed E-state index contributed by atoms with van der Waals surface area (Å²) in [5, 5.41) is 8.79. The van der Waals surface area contributed by atoms with Crippen LogP contribution in [0.25, 0.3) is 11.0 Å². The van der Waals surface area contributed by atoms with Gasteiger partial charge in [-0.2, -0.15) is 0 Å². The van der Waals surface area contributed by atoms with E-state index in [1.54, 1.807) is 0 Å². The van der Waals surface area contributed by atoms with Gasteiger partial charge >= 0.3 is 5.97 Å². The number of hydrogen-bond acceptors (Lipinski definition) is 3. The van der Waals surface area contributed by atoms with Crippen molar-refractivity contribution in [3.8, 4) is 11.5 Å². The van der Waals surface area contributed by atoms with Crippen molar-refractivity contribution in [3.63, 3.8) is 0 Å². The van der Waals surface area contributed by atoms with Crippen LogP contribution in [0.3, 0.4) is 0 Å². The van der Waals surface area contributed by atoms with E-state index in [2.05, 4.69) is 41.8 Å². The minimum absolute atomic E-state index is 0.0915. The topological polar surface area (TPSA) is 75.2 Å². The Morgan fingerprint density at radius 3 is 2.62 bits per heavy atom. The molecule has 0 bridgehead atoms. The largest absolute Gasteiger partial charge is 0.481 e. The van der Waals surface area contributed by atoms with Crippen LogP contribution >= 0.6 is 31.9 Å². The van der Waals surface area contributed by atoms with Gasteiger partial charge in [0.15, 0.2) is 5.75 Å². The van der Waals surface area contributed by atoms with Crippen LogP contribution in [0.5, 0.6) is 11.5 Å². The van der Waals surface area contributed by atoms with E-state index in [1.807, 2.05) is 37.3 Å². The van der Waals surface area contributed by atoms with E-state index in [4.69, 9.17) is 9.84 Å². The highest BCUT2D eigenvalue weighted by molar-refractivity contribution is 9.11. The molecular weight excluding hydrogens is 440 g/mol. The maximum Gasteiger partial charge on any atom is 0.303 e. The smallest absolute Gasteiger partial charge is 0.303 e. The third-order valence-electron chi connectivity index (χ3n) is 3.48. The number of aliphatic carboxylic acids is 1. The molecule has 0 saturated heterocycles. The number of aromatic nitrogens is 2. The van der Waals surface area contributed by atoms with Crippen LogP contribution in [0.1, 0.15) is 17.8 Å². The number of rotatable bonds is 5. The Balaban J connectivity index is 1.86. The van der Waals surface area contributed by atoms with E-state index < -0.39 is 5.97 Å². The summed E-state index contributed by atoms with van der Waals surface area (Å²) < 4.78 is 7.49. The molecule has 0 aliphatic carbocycles. The van der Waals surface area contributed by atoms with Crippen molar-refractivity contribution < 1.29 is 14.6 Å². The summed E-state index contributed by atoms with van der Waals surface area (Å²) in [6.07, 6.45) is 0.555. The molecule has 3 aromatic rings. The molecule has 5 nitrogen and oxygen atoms in total. The third kappa shape index (κ3) is 3.79. The lowest BCUT2D eigenvalue weighted by Crippen LogP contribution is -1.98. The van der Waals surface area contributed by atoms with Crippen LogP contribution in [-0.2, 0) is 11.2 Å². The molecule has 0 saturated carbocycles. The van der Waals surface area contributed by atoms with E-state index >= 15 is 0 Å². The summed E-state index contributed by atoms with van der Waals surface area (Å²) in [6.45, 7) is 1.91. The van der Waals surface area contributed by atoms with Gasteiger partial charge in [-0.25, -0.2) is 4.98 Å². The fraction of sp³-hybridized carbons (Fsp3) is 0.176. The molecule has 2 aromatic carbocycles. The van der Waals surface area contributed by atoms with E-state index in [0.29, 0.717) is 17.9 Å². The quantitative estimate of drug-likeness (QED) is 0.556. The number of carboxylic acids is 1. The Labute approximate surface area is 155 Å². The van der Waals surface area contributed by atoms with Gasteiger partial charge in [0.05, 0.1) is 20.0 Å². The molecule has 0 spiro atoms. The number of nitrogens with zero attached hydrogens (tertiary/aromatic N) is 1. The van der Waals surface area contributed by atoms with Crippen LogP contribution in [0.4, 0.5) is 0 Å². The molecule has 3 rings (SSSR count). The molecular formula is C17H14Br2N2O3. The van der Waals surface area contributed by atoms with Crippen LogP contribution in [0.15, 0.2) is 39.3 Å². The first-order valence-electron chi connectivity index (χ1n) is 7.26. The molecule has 0 unspecified atom stereocenters. The number of halogens is 2. The number of ether oxygens (including phenoxy) is 1. The fourth-order valence-electron chi connectivity index (χ4n) is 2.40. The maximum absolute atomic E-state index is 10.7. The Kier molecular flexibility index (Phi) is 4.91. The number of aromatic amines is 1. The van der Waals surface area contributed by atoms with Gasteiger partial charge in [0.2, 0.25) is 0 Å². The van der Waals surface area contributed by atoms with Crippen LogP contribution in [-0.4, -0.2) is 21.0 Å². The van der Waals surface area contributed by atoms with E-state index in [9.17, 15) is 4.79 Å². The normalized spacial score (nSPS) is 11.0. The average Bonchev–Trinajstić information content (AvgIpc) is 2.88. The first kappa shape index (κ1) is 17.0. The zero-order valence-corrected chi connectivity index (χ0v) is 15.9. The van der Waals surface area contributed by atoms with Gasteiger partial charge in [0.1, 0.15) is 11.6 Å². The Bertz CT molecular complexity index is 898. The summed E-state index contributed by atoms with van der Waals surface area (Å²) >= 11 is 6.98. The van der Waals surface area contributed by atoms with Gasteiger partial charge in [-0.1, -0.05) is 0 Å². The van der Waals surface area contributed by atoms with Gasteiger partial charge in [-0.15, -0.1) is 0 Å². The lowest BCUT2D eigenvalue weighted by Gasteiger charge is -2.12. The van der Waals surface area contributed by atoms with Crippen molar-refractivity contribution in [2.75, 3.05) is 0 Å². The maximum atomic E-state index is 10.7. The van der Waals surface area contributed by atoms with Crippen LogP contribution in [0.2, 0.25) is 0 Å². The van der Waals surface area contributed by atoms with Crippen molar-refractivity contribution in [2.45, 2.75) is 19.8 Å². The van der Waals surface area contributed by atoms with Gasteiger partial charge in [-0.3, -0.25) is 4.79 Å². The number of carbonyl (C=O) groups is 1. The Hall–Kier alpha value is -1.86. The second kappa shape index (κ2) is 6.94. The molecule has 0 radical (unpaired) electrons. The average molecular weight is 454 g/mol. The Morgan fingerprint density at radius 2 is 1.96 bits per heavy atom. The predicted molar refractivity (Wildman–Crippen MR) is 98.7 cm³/mol. The number of hydrogen-bond donors (Lipinski definition) is 2. The molecule has 124 valence electrons. The number of imidazole rings is 1. The van der Waals surface area contributed by atoms with E-state index in [1.165, 1.54) is 0 Å². The summed E-state index contributed by atoms with van der Waals surface area (Å²) in [4.78, 5) is 18.3. The molecule has 0 amide bonds.